The first kappa shape index (κ1) is 22.4. The lowest BCUT2D eigenvalue weighted by Crippen LogP contribution is -2.56. The lowest BCUT2D eigenvalue weighted by Gasteiger charge is -2.37. The Morgan fingerprint density at radius 1 is 1.09 bits per heavy atom. The number of ether oxygens (including phenoxy) is 1. The van der Waals surface area contributed by atoms with Crippen LogP contribution in [0.4, 0.5) is 5.69 Å². The molecule has 0 bridgehead atoms. The van der Waals surface area contributed by atoms with Gasteiger partial charge in [-0.25, -0.2) is 0 Å². The van der Waals surface area contributed by atoms with Gasteiger partial charge in [0.1, 0.15) is 5.76 Å². The van der Waals surface area contributed by atoms with Gasteiger partial charge < -0.3 is 24.1 Å². The summed E-state index contributed by atoms with van der Waals surface area (Å²) in [4.78, 5) is 46.3. The molecule has 34 heavy (non-hydrogen) atoms. The lowest BCUT2D eigenvalue weighted by atomic mass is 9.81. The maximum absolute atomic E-state index is 14.1. The molecule has 3 aliphatic heterocycles. The number of ketones is 1. The van der Waals surface area contributed by atoms with Crippen LogP contribution in [-0.2, 0) is 19.9 Å². The average molecular weight is 466 g/mol. The minimum absolute atomic E-state index is 0.0264. The zero-order valence-corrected chi connectivity index (χ0v) is 19.2. The fourth-order valence-corrected chi connectivity index (χ4v) is 5.23. The van der Waals surface area contributed by atoms with Crippen molar-refractivity contribution in [2.75, 3.05) is 50.8 Å². The molecule has 4 heterocycles. The van der Waals surface area contributed by atoms with Gasteiger partial charge in [-0.3, -0.25) is 19.3 Å². The normalized spacial score (nSPS) is 22.9. The van der Waals surface area contributed by atoms with E-state index in [1.54, 1.807) is 36.1 Å². The smallest absolute Gasteiger partial charge is 0.290 e. The molecule has 0 radical (unpaired) electrons. The fourth-order valence-electron chi connectivity index (χ4n) is 5.23. The highest BCUT2D eigenvalue weighted by Gasteiger charge is 2.65. The Labute approximate surface area is 197 Å². The van der Waals surface area contributed by atoms with Crippen molar-refractivity contribution in [2.24, 2.45) is 0 Å². The molecule has 0 aliphatic carbocycles. The van der Waals surface area contributed by atoms with E-state index in [1.807, 2.05) is 13.0 Å². The number of amides is 2. The van der Waals surface area contributed by atoms with Gasteiger partial charge in [-0.05, 0) is 32.0 Å². The van der Waals surface area contributed by atoms with Crippen LogP contribution in [0.3, 0.4) is 0 Å². The van der Waals surface area contributed by atoms with E-state index in [0.29, 0.717) is 56.4 Å². The van der Waals surface area contributed by atoms with Gasteiger partial charge >= 0.3 is 0 Å². The molecule has 2 aromatic rings. The van der Waals surface area contributed by atoms with Gasteiger partial charge in [0.2, 0.25) is 5.78 Å². The quantitative estimate of drug-likeness (QED) is 0.651. The third-order valence-electron chi connectivity index (χ3n) is 6.84. The van der Waals surface area contributed by atoms with E-state index in [4.69, 9.17) is 9.15 Å². The van der Waals surface area contributed by atoms with Crippen LogP contribution in [0.15, 0.2) is 52.1 Å². The van der Waals surface area contributed by atoms with Crippen LogP contribution in [0.2, 0.25) is 0 Å². The highest BCUT2D eigenvalue weighted by Crippen LogP contribution is 2.53. The van der Waals surface area contributed by atoms with E-state index in [-0.39, 0.29) is 17.9 Å². The summed E-state index contributed by atoms with van der Waals surface area (Å²) in [6.45, 7) is 7.13. The molecule has 0 saturated carbocycles. The molecule has 1 aromatic heterocycles. The van der Waals surface area contributed by atoms with Gasteiger partial charge in [0.05, 0.1) is 24.5 Å². The second kappa shape index (κ2) is 8.41. The van der Waals surface area contributed by atoms with Gasteiger partial charge in [-0.2, -0.15) is 0 Å². The first-order valence-electron chi connectivity index (χ1n) is 11.5. The van der Waals surface area contributed by atoms with Crippen molar-refractivity contribution in [3.8, 4) is 0 Å². The highest BCUT2D eigenvalue weighted by molar-refractivity contribution is 6.25. The second-order valence-electron chi connectivity index (χ2n) is 8.65. The number of para-hydroxylation sites is 1. The molecule has 1 aromatic carbocycles. The molecule has 9 heteroatoms. The highest BCUT2D eigenvalue weighted by atomic mass is 16.5. The van der Waals surface area contributed by atoms with Crippen LogP contribution in [0.5, 0.6) is 0 Å². The molecule has 0 unspecified atom stereocenters. The molecule has 2 amide bonds. The van der Waals surface area contributed by atoms with E-state index in [0.717, 1.165) is 0 Å². The summed E-state index contributed by atoms with van der Waals surface area (Å²) < 4.78 is 10.9. The van der Waals surface area contributed by atoms with Crippen LogP contribution in [0.25, 0.3) is 0 Å². The molecule has 3 aliphatic rings. The number of nitrogens with zero attached hydrogens (tertiary/aromatic N) is 3. The number of likely N-dealkylation sites (N-methyl/N-ethyl adjacent to an activating group) is 1. The second-order valence-corrected chi connectivity index (χ2v) is 8.65. The maximum atomic E-state index is 14.1. The summed E-state index contributed by atoms with van der Waals surface area (Å²) >= 11 is 0. The standard InChI is InChI=1S/C25H27N3O6/c1-3-27-18-7-5-4-6-17(18)25(24(27)32)20(21(29)19-9-8-16(2)34-19)22(30)23(31)28(25)11-10-26-12-14-33-15-13-26/h4-9,30H,3,10-15H2,1-2H3/t25-/m0/s1. The molecule has 1 atom stereocenters. The molecule has 178 valence electrons. The predicted octanol–water partition coefficient (Wildman–Crippen LogP) is 2.02. The van der Waals surface area contributed by atoms with Crippen molar-refractivity contribution in [3.63, 3.8) is 0 Å². The number of benzene rings is 1. The number of aliphatic hydroxyl groups excluding tert-OH is 1. The van der Waals surface area contributed by atoms with Crippen LogP contribution in [0.1, 0.15) is 28.8 Å². The number of aryl methyl sites for hydroxylation is 1. The summed E-state index contributed by atoms with van der Waals surface area (Å²) in [7, 11) is 0. The molecule has 1 fully saturated rings. The van der Waals surface area contributed by atoms with Gasteiger partial charge in [0.15, 0.2) is 17.1 Å². The molecule has 9 nitrogen and oxygen atoms in total. The zero-order chi connectivity index (χ0) is 24.0. The Morgan fingerprint density at radius 3 is 2.50 bits per heavy atom. The number of rotatable bonds is 6. The number of anilines is 1. The number of carbonyl (C=O) groups excluding carboxylic acids is 3. The first-order valence-corrected chi connectivity index (χ1v) is 11.5. The van der Waals surface area contributed by atoms with Crippen molar-refractivity contribution in [1.29, 1.82) is 0 Å². The van der Waals surface area contributed by atoms with Crippen molar-refractivity contribution >= 4 is 23.3 Å². The lowest BCUT2D eigenvalue weighted by molar-refractivity contribution is -0.140. The maximum Gasteiger partial charge on any atom is 0.290 e. The number of furan rings is 1. The number of hydrogen-bond acceptors (Lipinski definition) is 7. The van der Waals surface area contributed by atoms with E-state index in [1.165, 1.54) is 11.0 Å². The fraction of sp³-hybridized carbons (Fsp3) is 0.400. The largest absolute Gasteiger partial charge is 0.503 e. The van der Waals surface area contributed by atoms with Crippen molar-refractivity contribution < 1.29 is 28.6 Å². The number of fused-ring (bicyclic) bond motifs is 2. The van der Waals surface area contributed by atoms with Gasteiger partial charge in [-0.1, -0.05) is 18.2 Å². The van der Waals surface area contributed by atoms with Crippen LogP contribution in [0, 0.1) is 6.92 Å². The number of hydrogen-bond donors (Lipinski definition) is 1. The molecule has 1 spiro atoms. The predicted molar refractivity (Wildman–Crippen MR) is 123 cm³/mol. The Bertz CT molecular complexity index is 1190. The Kier molecular flexibility index (Phi) is 5.53. The van der Waals surface area contributed by atoms with Gasteiger partial charge in [-0.15, -0.1) is 0 Å². The van der Waals surface area contributed by atoms with Crippen molar-refractivity contribution in [1.82, 2.24) is 9.80 Å². The number of morpholine rings is 1. The summed E-state index contributed by atoms with van der Waals surface area (Å²) in [6, 6.07) is 10.3. The van der Waals surface area contributed by atoms with Crippen molar-refractivity contribution in [3.05, 3.63) is 64.8 Å². The summed E-state index contributed by atoms with van der Waals surface area (Å²) in [5.74, 6) is -2.06. The van der Waals surface area contributed by atoms with E-state index in [2.05, 4.69) is 4.90 Å². The summed E-state index contributed by atoms with van der Waals surface area (Å²) in [5, 5.41) is 11.1. The zero-order valence-electron chi connectivity index (χ0n) is 19.2. The SMILES string of the molecule is CCN1C(=O)[C@@]2(C(C(=O)c3ccc(C)o3)=C(O)C(=O)N2CCN2CCOCC2)c2ccccc21. The monoisotopic (exact) mass is 465 g/mol. The van der Waals surface area contributed by atoms with Crippen LogP contribution in [-0.4, -0.2) is 78.4 Å². The summed E-state index contributed by atoms with van der Waals surface area (Å²) in [6.07, 6.45) is 0. The first-order chi connectivity index (χ1) is 16.4. The van der Waals surface area contributed by atoms with Crippen molar-refractivity contribution in [2.45, 2.75) is 19.4 Å². The average Bonchev–Trinajstić information content (AvgIpc) is 3.46. The minimum atomic E-state index is -1.75. The number of carbonyl (C=O) groups is 3. The Morgan fingerprint density at radius 2 is 1.82 bits per heavy atom. The van der Waals surface area contributed by atoms with E-state index in [9.17, 15) is 19.5 Å². The Balaban J connectivity index is 1.66. The minimum Gasteiger partial charge on any atom is -0.503 e. The number of Topliss-reactive ketones (excluding diaryl/α,β-unsaturated/α-hetero) is 1. The van der Waals surface area contributed by atoms with E-state index >= 15 is 0 Å². The molecule has 1 N–H and O–H groups in total. The third kappa shape index (κ3) is 3.11. The van der Waals surface area contributed by atoms with Crippen LogP contribution < -0.4 is 4.90 Å². The van der Waals surface area contributed by atoms with Gasteiger partial charge in [0.25, 0.3) is 11.8 Å². The topological polar surface area (TPSA) is 104 Å². The van der Waals surface area contributed by atoms with Crippen LogP contribution >= 0.6 is 0 Å². The number of aliphatic hydroxyl groups is 1. The molecular weight excluding hydrogens is 438 g/mol. The Hall–Kier alpha value is -3.43. The molecular formula is C25H27N3O6. The van der Waals surface area contributed by atoms with E-state index < -0.39 is 28.9 Å². The summed E-state index contributed by atoms with van der Waals surface area (Å²) in [5.41, 5.74) is -0.873. The molecule has 5 rings (SSSR count). The third-order valence-corrected chi connectivity index (χ3v) is 6.84. The van der Waals surface area contributed by atoms with Gasteiger partial charge in [0, 0.05) is 38.3 Å². The molecule has 1 saturated heterocycles.